The lowest BCUT2D eigenvalue weighted by Gasteiger charge is -2.19. The molecule has 1 fully saturated rings. The topological polar surface area (TPSA) is 56.7 Å². The molecule has 1 amide bonds. The number of nitrogens with one attached hydrogen (secondary N) is 2. The summed E-state index contributed by atoms with van der Waals surface area (Å²) in [5.74, 6) is 1.69. The van der Waals surface area contributed by atoms with Crippen molar-refractivity contribution in [3.63, 3.8) is 0 Å². The van der Waals surface area contributed by atoms with Gasteiger partial charge in [0.1, 0.15) is 0 Å². The first-order valence-electron chi connectivity index (χ1n) is 8.59. The molecule has 1 saturated carbocycles. The van der Waals surface area contributed by atoms with Crippen molar-refractivity contribution in [1.82, 2.24) is 15.5 Å². The molecule has 0 aromatic heterocycles. The molecule has 0 heterocycles. The van der Waals surface area contributed by atoms with Crippen LogP contribution in [0, 0.1) is 5.92 Å². The van der Waals surface area contributed by atoms with Crippen LogP contribution in [0.2, 0.25) is 0 Å². The molecule has 7 heteroatoms. The summed E-state index contributed by atoms with van der Waals surface area (Å²) < 4.78 is 1.03. The standard InChI is InChI=1S/C18H27BrN4O.HI/c1-3-20-18(22-12-14-8-9-14)21-11-10-17(24)23(2)13-15-6-4-5-7-16(15)19;/h4-7,14H,3,8-13H2,1-2H3,(H2,20,21,22);1H. The van der Waals surface area contributed by atoms with Crippen molar-refractivity contribution < 1.29 is 4.79 Å². The SMILES string of the molecule is CCNC(=NCC1CC1)NCCC(=O)N(C)Cc1ccccc1Br.I. The second-order valence-electron chi connectivity index (χ2n) is 6.18. The minimum absolute atomic E-state index is 0. The fraction of sp³-hybridized carbons (Fsp3) is 0.556. The summed E-state index contributed by atoms with van der Waals surface area (Å²) >= 11 is 3.52. The summed E-state index contributed by atoms with van der Waals surface area (Å²) in [4.78, 5) is 18.6. The van der Waals surface area contributed by atoms with Gasteiger partial charge in [-0.25, -0.2) is 0 Å². The normalized spacial score (nSPS) is 13.8. The van der Waals surface area contributed by atoms with E-state index in [-0.39, 0.29) is 29.9 Å². The van der Waals surface area contributed by atoms with E-state index in [2.05, 4.69) is 31.6 Å². The number of hydrogen-bond donors (Lipinski definition) is 2. The first-order valence-corrected chi connectivity index (χ1v) is 9.39. The second-order valence-corrected chi connectivity index (χ2v) is 7.04. The largest absolute Gasteiger partial charge is 0.357 e. The maximum Gasteiger partial charge on any atom is 0.224 e. The van der Waals surface area contributed by atoms with Crippen molar-refractivity contribution in [3.05, 3.63) is 34.3 Å². The molecule has 2 N–H and O–H groups in total. The van der Waals surface area contributed by atoms with E-state index >= 15 is 0 Å². The Bertz CT molecular complexity index is 578. The third kappa shape index (κ3) is 8.40. The number of rotatable bonds is 8. The number of amides is 1. The van der Waals surface area contributed by atoms with Crippen LogP contribution in [0.1, 0.15) is 31.7 Å². The van der Waals surface area contributed by atoms with Crippen LogP contribution in [0.5, 0.6) is 0 Å². The second kappa shape index (κ2) is 11.7. The Kier molecular flexibility index (Phi) is 10.4. The van der Waals surface area contributed by atoms with Gasteiger partial charge in [0.05, 0.1) is 0 Å². The van der Waals surface area contributed by atoms with Gasteiger partial charge in [0.2, 0.25) is 5.91 Å². The molecule has 5 nitrogen and oxygen atoms in total. The molecule has 1 aliphatic rings. The van der Waals surface area contributed by atoms with Crippen LogP contribution in [0.15, 0.2) is 33.7 Å². The Balaban J connectivity index is 0.00000312. The number of guanidine groups is 1. The molecule has 1 aromatic rings. The number of nitrogens with zero attached hydrogens (tertiary/aromatic N) is 2. The number of hydrogen-bond acceptors (Lipinski definition) is 2. The Morgan fingerprint density at radius 2 is 2.04 bits per heavy atom. The zero-order chi connectivity index (χ0) is 17.4. The quantitative estimate of drug-likeness (QED) is 0.312. The molecular weight excluding hydrogens is 495 g/mol. The van der Waals surface area contributed by atoms with E-state index in [1.807, 2.05) is 38.2 Å². The van der Waals surface area contributed by atoms with E-state index < -0.39 is 0 Å². The van der Waals surface area contributed by atoms with Crippen molar-refractivity contribution >= 4 is 51.8 Å². The third-order valence-corrected chi connectivity index (χ3v) is 4.74. The summed E-state index contributed by atoms with van der Waals surface area (Å²) in [6.07, 6.45) is 3.04. The maximum atomic E-state index is 12.3. The van der Waals surface area contributed by atoms with Gasteiger partial charge in [-0.05, 0) is 37.3 Å². The van der Waals surface area contributed by atoms with Crippen molar-refractivity contribution in [2.24, 2.45) is 10.9 Å². The van der Waals surface area contributed by atoms with Gasteiger partial charge in [0.15, 0.2) is 5.96 Å². The minimum Gasteiger partial charge on any atom is -0.357 e. The fourth-order valence-corrected chi connectivity index (χ4v) is 2.72. The Morgan fingerprint density at radius 1 is 1.32 bits per heavy atom. The first kappa shape index (κ1) is 22.2. The summed E-state index contributed by atoms with van der Waals surface area (Å²) in [5, 5.41) is 6.47. The van der Waals surface area contributed by atoms with Crippen LogP contribution in [0.3, 0.4) is 0 Å². The van der Waals surface area contributed by atoms with Crippen LogP contribution in [0.4, 0.5) is 0 Å². The first-order chi connectivity index (χ1) is 11.6. The summed E-state index contributed by atoms with van der Waals surface area (Å²) in [6, 6.07) is 7.98. The number of carbonyl (C=O) groups is 1. The summed E-state index contributed by atoms with van der Waals surface area (Å²) in [6.45, 7) is 4.95. The monoisotopic (exact) mass is 522 g/mol. The number of benzene rings is 1. The average Bonchev–Trinajstić information content (AvgIpc) is 3.39. The molecule has 0 atom stereocenters. The smallest absolute Gasteiger partial charge is 0.224 e. The fourth-order valence-electron chi connectivity index (χ4n) is 2.31. The van der Waals surface area contributed by atoms with Crippen molar-refractivity contribution in [1.29, 1.82) is 0 Å². The van der Waals surface area contributed by atoms with Gasteiger partial charge in [-0.3, -0.25) is 9.79 Å². The third-order valence-electron chi connectivity index (χ3n) is 3.97. The summed E-state index contributed by atoms with van der Waals surface area (Å²) in [7, 11) is 1.84. The Labute approximate surface area is 176 Å². The van der Waals surface area contributed by atoms with Gasteiger partial charge < -0.3 is 15.5 Å². The number of carbonyl (C=O) groups excluding carboxylic acids is 1. The molecule has 1 aliphatic carbocycles. The minimum atomic E-state index is 0. The number of halogens is 2. The molecule has 0 radical (unpaired) electrons. The lowest BCUT2D eigenvalue weighted by Crippen LogP contribution is -2.39. The van der Waals surface area contributed by atoms with E-state index in [9.17, 15) is 4.79 Å². The Hall–Kier alpha value is -0.830. The van der Waals surface area contributed by atoms with Gasteiger partial charge in [-0.15, -0.1) is 24.0 Å². The van der Waals surface area contributed by atoms with Crippen molar-refractivity contribution in [2.45, 2.75) is 32.7 Å². The van der Waals surface area contributed by atoms with Gasteiger partial charge in [0.25, 0.3) is 0 Å². The molecule has 140 valence electrons. The summed E-state index contributed by atoms with van der Waals surface area (Å²) in [5.41, 5.74) is 1.11. The highest BCUT2D eigenvalue weighted by atomic mass is 127. The lowest BCUT2D eigenvalue weighted by molar-refractivity contribution is -0.130. The molecule has 0 saturated heterocycles. The van der Waals surface area contributed by atoms with E-state index in [1.165, 1.54) is 12.8 Å². The van der Waals surface area contributed by atoms with Gasteiger partial charge in [0, 0.05) is 44.1 Å². The average molecular weight is 523 g/mol. The molecule has 0 aliphatic heterocycles. The van der Waals surface area contributed by atoms with Crippen LogP contribution in [-0.4, -0.2) is 43.4 Å². The van der Waals surface area contributed by atoms with Crippen molar-refractivity contribution in [3.8, 4) is 0 Å². The van der Waals surface area contributed by atoms with Crippen molar-refractivity contribution in [2.75, 3.05) is 26.7 Å². The van der Waals surface area contributed by atoms with Gasteiger partial charge in [-0.2, -0.15) is 0 Å². The van der Waals surface area contributed by atoms with Gasteiger partial charge >= 0.3 is 0 Å². The van der Waals surface area contributed by atoms with Crippen LogP contribution in [0.25, 0.3) is 0 Å². The van der Waals surface area contributed by atoms with Crippen LogP contribution in [-0.2, 0) is 11.3 Å². The molecular formula is C18H28BrIN4O. The maximum absolute atomic E-state index is 12.3. The molecule has 0 spiro atoms. The predicted octanol–water partition coefficient (Wildman–Crippen LogP) is 3.38. The predicted molar refractivity (Wildman–Crippen MR) is 117 cm³/mol. The molecule has 0 unspecified atom stereocenters. The van der Waals surface area contributed by atoms with E-state index in [0.717, 1.165) is 35.0 Å². The number of aliphatic imine (C=N–C) groups is 1. The highest BCUT2D eigenvalue weighted by molar-refractivity contribution is 14.0. The van der Waals surface area contributed by atoms with Crippen LogP contribution < -0.4 is 10.6 Å². The van der Waals surface area contributed by atoms with Gasteiger partial charge in [-0.1, -0.05) is 34.1 Å². The zero-order valence-corrected chi connectivity index (χ0v) is 18.8. The lowest BCUT2D eigenvalue weighted by atomic mass is 10.2. The van der Waals surface area contributed by atoms with E-state index in [4.69, 9.17) is 0 Å². The van der Waals surface area contributed by atoms with Crippen LogP contribution >= 0.6 is 39.9 Å². The highest BCUT2D eigenvalue weighted by Gasteiger charge is 2.20. The zero-order valence-electron chi connectivity index (χ0n) is 14.9. The Morgan fingerprint density at radius 3 is 2.68 bits per heavy atom. The molecule has 1 aromatic carbocycles. The highest BCUT2D eigenvalue weighted by Crippen LogP contribution is 2.28. The molecule has 25 heavy (non-hydrogen) atoms. The molecule has 0 bridgehead atoms. The van der Waals surface area contributed by atoms with E-state index in [1.54, 1.807) is 4.90 Å². The van der Waals surface area contributed by atoms with E-state index in [0.29, 0.717) is 19.5 Å². The molecule has 2 rings (SSSR count).